The largest absolute Gasteiger partial charge is 0.401 e. The van der Waals surface area contributed by atoms with Crippen molar-refractivity contribution in [2.75, 3.05) is 19.6 Å². The highest BCUT2D eigenvalue weighted by Gasteiger charge is 2.33. The van der Waals surface area contributed by atoms with Gasteiger partial charge in [-0.1, -0.05) is 20.3 Å². The topological polar surface area (TPSA) is 29.3 Å². The summed E-state index contributed by atoms with van der Waals surface area (Å²) in [6.07, 6.45) is 0.0475. The molecule has 5 heteroatoms. The molecule has 1 saturated carbocycles. The van der Waals surface area contributed by atoms with Crippen LogP contribution in [0.1, 0.15) is 39.5 Å². The summed E-state index contributed by atoms with van der Waals surface area (Å²) < 4.78 is 37.2. The monoisotopic (exact) mass is 266 g/mol. The first-order valence-corrected chi connectivity index (χ1v) is 6.90. The fraction of sp³-hybridized carbons (Fsp3) is 1.00. The average molecular weight is 266 g/mol. The molecule has 3 atom stereocenters. The van der Waals surface area contributed by atoms with Crippen LogP contribution in [0.25, 0.3) is 0 Å². The van der Waals surface area contributed by atoms with Crippen molar-refractivity contribution < 1.29 is 13.2 Å². The van der Waals surface area contributed by atoms with Gasteiger partial charge < -0.3 is 5.73 Å². The van der Waals surface area contributed by atoms with Gasteiger partial charge in [0.15, 0.2) is 0 Å². The van der Waals surface area contributed by atoms with Crippen molar-refractivity contribution in [1.29, 1.82) is 0 Å². The van der Waals surface area contributed by atoms with Crippen molar-refractivity contribution in [2.45, 2.75) is 51.7 Å². The van der Waals surface area contributed by atoms with Crippen LogP contribution in [0.5, 0.6) is 0 Å². The van der Waals surface area contributed by atoms with Crippen LogP contribution in [-0.2, 0) is 0 Å². The van der Waals surface area contributed by atoms with E-state index in [0.29, 0.717) is 19.0 Å². The maximum atomic E-state index is 12.4. The summed E-state index contributed by atoms with van der Waals surface area (Å²) in [7, 11) is 0. The zero-order valence-corrected chi connectivity index (χ0v) is 11.3. The van der Waals surface area contributed by atoms with E-state index in [1.54, 1.807) is 6.92 Å². The second kappa shape index (κ2) is 6.75. The van der Waals surface area contributed by atoms with Crippen LogP contribution in [0.2, 0.25) is 0 Å². The van der Waals surface area contributed by atoms with Gasteiger partial charge in [-0.05, 0) is 37.6 Å². The highest BCUT2D eigenvalue weighted by molar-refractivity contribution is 4.84. The maximum Gasteiger partial charge on any atom is 0.401 e. The van der Waals surface area contributed by atoms with Gasteiger partial charge in [0, 0.05) is 12.6 Å². The molecule has 0 aromatic carbocycles. The Morgan fingerprint density at radius 3 is 2.39 bits per heavy atom. The second-order valence-electron chi connectivity index (χ2n) is 5.45. The second-order valence-corrected chi connectivity index (χ2v) is 5.45. The highest BCUT2D eigenvalue weighted by Crippen LogP contribution is 2.31. The third-order valence-corrected chi connectivity index (χ3v) is 4.07. The molecule has 0 radical (unpaired) electrons. The lowest BCUT2D eigenvalue weighted by Gasteiger charge is -2.37. The van der Waals surface area contributed by atoms with Crippen molar-refractivity contribution in [1.82, 2.24) is 4.90 Å². The van der Waals surface area contributed by atoms with Crippen LogP contribution in [0.3, 0.4) is 0 Å². The smallest absolute Gasteiger partial charge is 0.327 e. The van der Waals surface area contributed by atoms with Gasteiger partial charge in [0.1, 0.15) is 0 Å². The minimum atomic E-state index is -4.11. The van der Waals surface area contributed by atoms with E-state index in [1.807, 2.05) is 0 Å². The minimum Gasteiger partial charge on any atom is -0.327 e. The Labute approximate surface area is 108 Å². The van der Waals surface area contributed by atoms with Crippen LogP contribution < -0.4 is 5.73 Å². The molecule has 0 spiro atoms. The first kappa shape index (κ1) is 15.8. The summed E-state index contributed by atoms with van der Waals surface area (Å²) in [6, 6.07) is 0.0649. The number of rotatable bonds is 5. The van der Waals surface area contributed by atoms with Gasteiger partial charge in [-0.3, -0.25) is 4.90 Å². The molecule has 2 nitrogen and oxygen atoms in total. The Hall–Kier alpha value is -0.290. The number of nitrogens with zero attached hydrogens (tertiary/aromatic N) is 1. The Bertz CT molecular complexity index is 243. The standard InChI is InChI=1S/C13H25F3N2/c1-3-10-5-6-12(17)11(7-10)8-18(4-2)9-13(14,15)16/h10-12H,3-9,17H2,1-2H3. The summed E-state index contributed by atoms with van der Waals surface area (Å²) >= 11 is 0. The van der Waals surface area contributed by atoms with E-state index < -0.39 is 12.7 Å². The van der Waals surface area contributed by atoms with Gasteiger partial charge in [-0.25, -0.2) is 0 Å². The molecule has 18 heavy (non-hydrogen) atoms. The summed E-state index contributed by atoms with van der Waals surface area (Å²) in [6.45, 7) is 4.01. The van der Waals surface area contributed by atoms with Crippen molar-refractivity contribution in [3.05, 3.63) is 0 Å². The molecular weight excluding hydrogens is 241 g/mol. The first-order valence-electron chi connectivity index (χ1n) is 6.90. The number of hydrogen-bond donors (Lipinski definition) is 1. The van der Waals surface area contributed by atoms with Crippen molar-refractivity contribution in [3.63, 3.8) is 0 Å². The number of nitrogens with two attached hydrogens (primary N) is 1. The molecular formula is C13H25F3N2. The van der Waals surface area contributed by atoms with Gasteiger partial charge in [-0.2, -0.15) is 13.2 Å². The summed E-state index contributed by atoms with van der Waals surface area (Å²) in [4.78, 5) is 1.47. The van der Waals surface area contributed by atoms with Crippen LogP contribution in [-0.4, -0.2) is 36.8 Å². The number of halogens is 3. The zero-order valence-electron chi connectivity index (χ0n) is 11.3. The molecule has 0 bridgehead atoms. The lowest BCUT2D eigenvalue weighted by Crippen LogP contribution is -2.45. The van der Waals surface area contributed by atoms with Crippen LogP contribution in [0.4, 0.5) is 13.2 Å². The molecule has 1 rings (SSSR count). The number of hydrogen-bond acceptors (Lipinski definition) is 2. The van der Waals surface area contributed by atoms with Gasteiger partial charge in [-0.15, -0.1) is 0 Å². The molecule has 1 fully saturated rings. The highest BCUT2D eigenvalue weighted by atomic mass is 19.4. The molecule has 2 N–H and O–H groups in total. The van der Waals surface area contributed by atoms with Crippen LogP contribution in [0, 0.1) is 11.8 Å². The first-order chi connectivity index (χ1) is 8.35. The van der Waals surface area contributed by atoms with Gasteiger partial charge in [0.25, 0.3) is 0 Å². The summed E-state index contributed by atoms with van der Waals surface area (Å²) in [5.74, 6) is 0.852. The summed E-state index contributed by atoms with van der Waals surface area (Å²) in [5.41, 5.74) is 6.05. The summed E-state index contributed by atoms with van der Waals surface area (Å²) in [5, 5.41) is 0. The molecule has 0 saturated heterocycles. The molecule has 108 valence electrons. The molecule has 1 aliphatic carbocycles. The predicted octanol–water partition coefficient (Wildman–Crippen LogP) is 3.02. The molecule has 0 amide bonds. The third kappa shape index (κ3) is 5.14. The lowest BCUT2D eigenvalue weighted by atomic mass is 9.77. The maximum absolute atomic E-state index is 12.4. The van der Waals surface area contributed by atoms with Crippen molar-refractivity contribution in [2.24, 2.45) is 17.6 Å². The normalized spacial score (nSPS) is 29.8. The van der Waals surface area contributed by atoms with Crippen molar-refractivity contribution >= 4 is 0 Å². The fourth-order valence-corrected chi connectivity index (χ4v) is 2.86. The van der Waals surface area contributed by atoms with E-state index >= 15 is 0 Å². The van der Waals surface area contributed by atoms with E-state index in [9.17, 15) is 13.2 Å². The zero-order chi connectivity index (χ0) is 13.8. The van der Waals surface area contributed by atoms with E-state index in [2.05, 4.69) is 6.92 Å². The molecule has 3 unspecified atom stereocenters. The molecule has 0 aromatic rings. The fourth-order valence-electron chi connectivity index (χ4n) is 2.86. The van der Waals surface area contributed by atoms with E-state index in [1.165, 1.54) is 4.90 Å². The van der Waals surface area contributed by atoms with E-state index in [0.717, 1.165) is 25.7 Å². The quantitative estimate of drug-likeness (QED) is 0.828. The molecule has 0 aromatic heterocycles. The Kier molecular flexibility index (Phi) is 5.92. The van der Waals surface area contributed by atoms with Gasteiger partial charge >= 0.3 is 6.18 Å². The van der Waals surface area contributed by atoms with Gasteiger partial charge in [0.05, 0.1) is 6.54 Å². The molecule has 0 heterocycles. The Morgan fingerprint density at radius 1 is 1.22 bits per heavy atom. The van der Waals surface area contributed by atoms with E-state index in [4.69, 9.17) is 5.73 Å². The van der Waals surface area contributed by atoms with Gasteiger partial charge in [0.2, 0.25) is 0 Å². The SMILES string of the molecule is CCC1CCC(N)C(CN(CC)CC(F)(F)F)C1. The van der Waals surface area contributed by atoms with Crippen LogP contribution >= 0.6 is 0 Å². The lowest BCUT2D eigenvalue weighted by molar-refractivity contribution is -0.147. The number of alkyl halides is 3. The van der Waals surface area contributed by atoms with Crippen molar-refractivity contribution in [3.8, 4) is 0 Å². The molecule has 1 aliphatic rings. The average Bonchev–Trinajstić information content (AvgIpc) is 2.29. The predicted molar refractivity (Wildman–Crippen MR) is 67.3 cm³/mol. The minimum absolute atomic E-state index is 0.0649. The molecule has 0 aliphatic heterocycles. The van der Waals surface area contributed by atoms with Crippen LogP contribution in [0.15, 0.2) is 0 Å². The Morgan fingerprint density at radius 2 is 1.89 bits per heavy atom. The third-order valence-electron chi connectivity index (χ3n) is 4.07. The Balaban J connectivity index is 2.51. The van der Waals surface area contributed by atoms with E-state index in [-0.39, 0.29) is 12.0 Å².